The van der Waals surface area contributed by atoms with Crippen molar-refractivity contribution in [3.63, 3.8) is 0 Å². The molecule has 0 bridgehead atoms. The first-order valence-corrected chi connectivity index (χ1v) is 5.00. The predicted octanol–water partition coefficient (Wildman–Crippen LogP) is 1.82. The quantitative estimate of drug-likeness (QED) is 0.275. The van der Waals surface area contributed by atoms with Crippen molar-refractivity contribution in [3.8, 4) is 0 Å². The van der Waals surface area contributed by atoms with Gasteiger partial charge in [-0.25, -0.2) is 0 Å². The van der Waals surface area contributed by atoms with E-state index in [1.807, 2.05) is 0 Å². The van der Waals surface area contributed by atoms with Crippen molar-refractivity contribution < 1.29 is 18.4 Å². The Bertz CT molecular complexity index is 386. The number of unbranched alkanes of at least 4 members (excludes halogenated alkanes) is 1. The van der Waals surface area contributed by atoms with E-state index >= 15 is 0 Å². The first-order chi connectivity index (χ1) is 7.93. The Morgan fingerprint density at radius 2 is 2.18 bits per heavy atom. The number of nitrogens with zero attached hydrogens (tertiary/aromatic N) is 3. The minimum atomic E-state index is -4.40. The second-order valence-corrected chi connectivity index (χ2v) is 3.51. The minimum absolute atomic E-state index is 0.112. The third-order valence-electron chi connectivity index (χ3n) is 2.13. The number of hydrogen-bond donors (Lipinski definition) is 2. The van der Waals surface area contributed by atoms with Gasteiger partial charge in [-0.1, -0.05) is 5.16 Å². The lowest BCUT2D eigenvalue weighted by Crippen LogP contribution is -2.11. The molecule has 17 heavy (non-hydrogen) atoms. The number of aromatic nitrogens is 2. The van der Waals surface area contributed by atoms with Crippen molar-refractivity contribution in [3.05, 3.63) is 18.0 Å². The number of amidine groups is 1. The zero-order valence-corrected chi connectivity index (χ0v) is 8.98. The molecule has 1 heterocycles. The molecule has 0 fully saturated rings. The second kappa shape index (κ2) is 5.55. The molecule has 0 aliphatic carbocycles. The lowest BCUT2D eigenvalue weighted by Gasteiger charge is -2.03. The van der Waals surface area contributed by atoms with E-state index in [9.17, 15) is 13.2 Å². The van der Waals surface area contributed by atoms with Gasteiger partial charge in [0, 0.05) is 19.2 Å². The maximum absolute atomic E-state index is 12.2. The smallest absolute Gasteiger partial charge is 0.409 e. The van der Waals surface area contributed by atoms with Crippen LogP contribution >= 0.6 is 0 Å². The van der Waals surface area contributed by atoms with Gasteiger partial charge >= 0.3 is 6.18 Å². The molecule has 0 saturated carbocycles. The molecule has 96 valence electrons. The van der Waals surface area contributed by atoms with Crippen LogP contribution in [0, 0.1) is 0 Å². The Hall–Kier alpha value is -1.73. The fourth-order valence-electron chi connectivity index (χ4n) is 1.27. The van der Waals surface area contributed by atoms with Crippen molar-refractivity contribution in [2.45, 2.75) is 32.0 Å². The van der Waals surface area contributed by atoms with Crippen LogP contribution in [0.15, 0.2) is 17.4 Å². The van der Waals surface area contributed by atoms with Gasteiger partial charge in [-0.2, -0.15) is 18.3 Å². The maximum Gasteiger partial charge on any atom is 0.435 e. The molecule has 1 aromatic rings. The summed E-state index contributed by atoms with van der Waals surface area (Å²) in [5.41, 5.74) is 4.35. The largest absolute Gasteiger partial charge is 0.435 e. The Labute approximate surface area is 95.7 Å². The van der Waals surface area contributed by atoms with Gasteiger partial charge in [-0.15, -0.1) is 0 Å². The summed E-state index contributed by atoms with van der Waals surface area (Å²) in [6, 6.07) is 0.934. The second-order valence-electron chi connectivity index (χ2n) is 3.51. The fourth-order valence-corrected chi connectivity index (χ4v) is 1.27. The van der Waals surface area contributed by atoms with E-state index in [1.165, 1.54) is 10.9 Å². The zero-order chi connectivity index (χ0) is 12.9. The fraction of sp³-hybridized carbons (Fsp3) is 0.556. The summed E-state index contributed by atoms with van der Waals surface area (Å²) in [5, 5.41) is 14.5. The van der Waals surface area contributed by atoms with Gasteiger partial charge < -0.3 is 10.9 Å². The summed E-state index contributed by atoms with van der Waals surface area (Å²) >= 11 is 0. The van der Waals surface area contributed by atoms with Crippen LogP contribution in [0.5, 0.6) is 0 Å². The highest BCUT2D eigenvalue weighted by molar-refractivity contribution is 5.79. The lowest BCUT2D eigenvalue weighted by molar-refractivity contribution is -0.141. The number of halogens is 3. The van der Waals surface area contributed by atoms with E-state index in [0.717, 1.165) is 6.07 Å². The van der Waals surface area contributed by atoms with Crippen LogP contribution in [0.4, 0.5) is 13.2 Å². The van der Waals surface area contributed by atoms with E-state index in [-0.39, 0.29) is 5.84 Å². The van der Waals surface area contributed by atoms with Crippen LogP contribution in [-0.4, -0.2) is 20.8 Å². The predicted molar refractivity (Wildman–Crippen MR) is 54.5 cm³/mol. The normalized spacial score (nSPS) is 13.0. The molecule has 0 amide bonds. The summed E-state index contributed by atoms with van der Waals surface area (Å²) in [7, 11) is 0. The summed E-state index contributed by atoms with van der Waals surface area (Å²) in [4.78, 5) is 0. The molecule has 0 aliphatic rings. The third kappa shape index (κ3) is 4.33. The van der Waals surface area contributed by atoms with E-state index in [4.69, 9.17) is 10.9 Å². The Kier molecular flexibility index (Phi) is 4.36. The van der Waals surface area contributed by atoms with E-state index in [1.54, 1.807) is 0 Å². The summed E-state index contributed by atoms with van der Waals surface area (Å²) in [5.74, 6) is 0.112. The highest BCUT2D eigenvalue weighted by Crippen LogP contribution is 2.27. The van der Waals surface area contributed by atoms with Crippen molar-refractivity contribution in [1.82, 2.24) is 9.78 Å². The molecule has 0 unspecified atom stereocenters. The molecular weight excluding hydrogens is 237 g/mol. The van der Waals surface area contributed by atoms with Gasteiger partial charge in [0.2, 0.25) is 0 Å². The number of alkyl halides is 3. The zero-order valence-electron chi connectivity index (χ0n) is 8.98. The van der Waals surface area contributed by atoms with Crippen molar-refractivity contribution in [1.29, 1.82) is 0 Å². The van der Waals surface area contributed by atoms with Gasteiger partial charge in [0.05, 0.1) is 0 Å². The van der Waals surface area contributed by atoms with Crippen LogP contribution in [0.2, 0.25) is 0 Å². The first-order valence-electron chi connectivity index (χ1n) is 5.00. The molecule has 5 nitrogen and oxygen atoms in total. The number of hydrogen-bond acceptors (Lipinski definition) is 3. The highest BCUT2D eigenvalue weighted by atomic mass is 19.4. The molecule has 0 saturated heterocycles. The van der Waals surface area contributed by atoms with Crippen LogP contribution in [-0.2, 0) is 12.7 Å². The van der Waals surface area contributed by atoms with Crippen molar-refractivity contribution in [2.75, 3.05) is 0 Å². The Morgan fingerprint density at radius 1 is 1.47 bits per heavy atom. The SMILES string of the molecule is NC(CCCCn1ccc(C(F)(F)F)n1)=NO. The molecular formula is C9H13F3N4O. The molecule has 0 aliphatic heterocycles. The average Bonchev–Trinajstić information content (AvgIpc) is 2.72. The third-order valence-corrected chi connectivity index (χ3v) is 2.13. The minimum Gasteiger partial charge on any atom is -0.409 e. The van der Waals surface area contributed by atoms with Crippen LogP contribution in [0.25, 0.3) is 0 Å². The van der Waals surface area contributed by atoms with Gasteiger partial charge in [0.15, 0.2) is 5.69 Å². The molecule has 0 radical (unpaired) electrons. The van der Waals surface area contributed by atoms with Crippen LogP contribution < -0.4 is 5.73 Å². The summed E-state index contributed by atoms with van der Waals surface area (Å²) < 4.78 is 37.8. The lowest BCUT2D eigenvalue weighted by atomic mass is 10.2. The number of oxime groups is 1. The molecule has 0 aromatic carbocycles. The summed E-state index contributed by atoms with van der Waals surface area (Å²) in [6.45, 7) is 0.370. The summed E-state index contributed by atoms with van der Waals surface area (Å²) in [6.07, 6.45) is -1.48. The van der Waals surface area contributed by atoms with Crippen molar-refractivity contribution >= 4 is 5.84 Å². The number of nitrogens with two attached hydrogens (primary N) is 1. The van der Waals surface area contributed by atoms with Gasteiger partial charge in [-0.3, -0.25) is 4.68 Å². The topological polar surface area (TPSA) is 76.4 Å². The van der Waals surface area contributed by atoms with Gasteiger partial charge in [-0.05, 0) is 18.9 Å². The van der Waals surface area contributed by atoms with E-state index in [0.29, 0.717) is 25.8 Å². The standard InChI is InChI=1S/C9H13F3N4O/c10-9(11,12)7-4-6-16(14-7)5-2-1-3-8(13)15-17/h4,6,17H,1-3,5H2,(H2,13,15). The van der Waals surface area contributed by atoms with E-state index in [2.05, 4.69) is 10.3 Å². The molecule has 1 aromatic heterocycles. The average molecular weight is 250 g/mol. The molecule has 0 spiro atoms. The Morgan fingerprint density at radius 3 is 2.71 bits per heavy atom. The highest BCUT2D eigenvalue weighted by Gasteiger charge is 2.33. The molecule has 0 atom stereocenters. The maximum atomic E-state index is 12.2. The molecule has 8 heteroatoms. The number of aryl methyl sites for hydroxylation is 1. The molecule has 1 rings (SSSR count). The van der Waals surface area contributed by atoms with Crippen LogP contribution in [0.3, 0.4) is 0 Å². The Balaban J connectivity index is 2.36. The van der Waals surface area contributed by atoms with Gasteiger partial charge in [0.1, 0.15) is 5.84 Å². The monoisotopic (exact) mass is 250 g/mol. The van der Waals surface area contributed by atoms with Gasteiger partial charge in [0.25, 0.3) is 0 Å². The number of rotatable bonds is 5. The van der Waals surface area contributed by atoms with E-state index < -0.39 is 11.9 Å². The van der Waals surface area contributed by atoms with Crippen LogP contribution in [0.1, 0.15) is 25.0 Å². The first kappa shape index (κ1) is 13.3. The molecule has 3 N–H and O–H groups in total. The van der Waals surface area contributed by atoms with Crippen molar-refractivity contribution in [2.24, 2.45) is 10.9 Å².